The van der Waals surface area contributed by atoms with Gasteiger partial charge < -0.3 is 5.11 Å². The highest BCUT2D eigenvalue weighted by molar-refractivity contribution is 9.10. The molecule has 1 saturated carbocycles. The minimum absolute atomic E-state index is 0.577. The zero-order chi connectivity index (χ0) is 12.5. The van der Waals surface area contributed by atoms with Gasteiger partial charge in [0.25, 0.3) is 0 Å². The number of hydrogen-bond acceptors (Lipinski definition) is 2. The van der Waals surface area contributed by atoms with E-state index >= 15 is 0 Å². The Labute approximate surface area is 114 Å². The maximum Gasteiger partial charge on any atom is 0.0987 e. The molecular weight excluding hydrogens is 302 g/mol. The summed E-state index contributed by atoms with van der Waals surface area (Å²) in [6, 6.07) is 7.60. The first-order valence-electron chi connectivity index (χ1n) is 5.63. The third-order valence-electron chi connectivity index (χ3n) is 3.49. The van der Waals surface area contributed by atoms with Crippen LogP contribution in [0.25, 0.3) is 0 Å². The van der Waals surface area contributed by atoms with Crippen LogP contribution in [0.1, 0.15) is 37.4 Å². The average Bonchev–Trinajstić information content (AvgIpc) is 2.81. The Kier molecular flexibility index (Phi) is 3.77. The van der Waals surface area contributed by atoms with Crippen LogP contribution in [-0.2, 0) is 0 Å². The number of nitriles is 1. The van der Waals surface area contributed by atoms with Crippen molar-refractivity contribution in [1.29, 1.82) is 5.26 Å². The Morgan fingerprint density at radius 3 is 2.65 bits per heavy atom. The zero-order valence-corrected chi connectivity index (χ0v) is 11.6. The molecule has 0 spiro atoms. The van der Waals surface area contributed by atoms with Crippen molar-refractivity contribution in [3.63, 3.8) is 0 Å². The van der Waals surface area contributed by atoms with E-state index in [-0.39, 0.29) is 0 Å². The van der Waals surface area contributed by atoms with Gasteiger partial charge in [-0.25, -0.2) is 0 Å². The summed E-state index contributed by atoms with van der Waals surface area (Å²) in [5, 5.41) is 20.4. The SMILES string of the molecule is N#CC1(C(O)c2cc(Cl)ccc2Br)CCCC1. The molecule has 17 heavy (non-hydrogen) atoms. The van der Waals surface area contributed by atoms with Crippen LogP contribution < -0.4 is 0 Å². The summed E-state index contributed by atoms with van der Waals surface area (Å²) in [5.74, 6) is 0. The molecule has 2 rings (SSSR count). The van der Waals surface area contributed by atoms with E-state index in [1.54, 1.807) is 18.2 Å². The van der Waals surface area contributed by atoms with Crippen molar-refractivity contribution in [1.82, 2.24) is 0 Å². The number of aliphatic hydroxyl groups excluding tert-OH is 1. The van der Waals surface area contributed by atoms with E-state index in [2.05, 4.69) is 22.0 Å². The van der Waals surface area contributed by atoms with E-state index in [9.17, 15) is 10.4 Å². The Hall–Kier alpha value is -0.560. The molecule has 0 aliphatic heterocycles. The predicted octanol–water partition coefficient (Wildman–Crippen LogP) is 4.22. The molecule has 0 heterocycles. The van der Waals surface area contributed by atoms with Gasteiger partial charge in [-0.1, -0.05) is 40.4 Å². The molecule has 1 N–H and O–H groups in total. The number of benzene rings is 1. The highest BCUT2D eigenvalue weighted by atomic mass is 79.9. The fourth-order valence-electron chi connectivity index (χ4n) is 2.47. The molecule has 4 heteroatoms. The van der Waals surface area contributed by atoms with Crippen molar-refractivity contribution < 1.29 is 5.11 Å². The van der Waals surface area contributed by atoms with Crippen LogP contribution in [0.3, 0.4) is 0 Å². The Bertz CT molecular complexity index is 463. The van der Waals surface area contributed by atoms with Gasteiger partial charge in [0.2, 0.25) is 0 Å². The number of aliphatic hydroxyl groups is 1. The van der Waals surface area contributed by atoms with Gasteiger partial charge in [-0.15, -0.1) is 0 Å². The summed E-state index contributed by atoms with van der Waals surface area (Å²) in [6.07, 6.45) is 2.74. The molecule has 1 aliphatic carbocycles. The smallest absolute Gasteiger partial charge is 0.0987 e. The van der Waals surface area contributed by atoms with Gasteiger partial charge in [0.1, 0.15) is 0 Å². The standard InChI is InChI=1S/C13H13BrClNO/c14-11-4-3-9(15)7-10(11)12(17)13(8-16)5-1-2-6-13/h3-4,7,12,17H,1-2,5-6H2. The van der Waals surface area contributed by atoms with Gasteiger partial charge in [-0.2, -0.15) is 5.26 Å². The normalized spacial score (nSPS) is 19.9. The van der Waals surface area contributed by atoms with Gasteiger partial charge in [0.15, 0.2) is 0 Å². The van der Waals surface area contributed by atoms with Gasteiger partial charge in [-0.3, -0.25) is 0 Å². The third kappa shape index (κ3) is 2.35. The monoisotopic (exact) mass is 313 g/mol. The second-order valence-corrected chi connectivity index (χ2v) is 5.83. The van der Waals surface area contributed by atoms with Crippen LogP contribution in [0.4, 0.5) is 0 Å². The first-order valence-corrected chi connectivity index (χ1v) is 6.80. The average molecular weight is 315 g/mol. The van der Waals surface area contributed by atoms with Crippen LogP contribution in [0.2, 0.25) is 5.02 Å². The minimum Gasteiger partial charge on any atom is -0.387 e. The summed E-state index contributed by atoms with van der Waals surface area (Å²) in [6.45, 7) is 0. The van der Waals surface area contributed by atoms with Crippen molar-refractivity contribution in [3.05, 3.63) is 33.3 Å². The highest BCUT2D eigenvalue weighted by Gasteiger charge is 2.42. The van der Waals surface area contributed by atoms with Gasteiger partial charge in [0, 0.05) is 9.50 Å². The number of halogens is 2. The second-order valence-electron chi connectivity index (χ2n) is 4.54. The molecule has 0 radical (unpaired) electrons. The van der Waals surface area contributed by atoms with E-state index < -0.39 is 11.5 Å². The quantitative estimate of drug-likeness (QED) is 0.888. The number of rotatable bonds is 2. The summed E-state index contributed by atoms with van der Waals surface area (Å²) >= 11 is 9.34. The molecule has 0 amide bonds. The first kappa shape index (κ1) is 12.9. The van der Waals surface area contributed by atoms with E-state index in [4.69, 9.17) is 11.6 Å². The van der Waals surface area contributed by atoms with Crippen molar-refractivity contribution >= 4 is 27.5 Å². The summed E-state index contributed by atoms with van der Waals surface area (Å²) in [4.78, 5) is 0. The van der Waals surface area contributed by atoms with Crippen LogP contribution >= 0.6 is 27.5 Å². The van der Waals surface area contributed by atoms with E-state index in [0.29, 0.717) is 10.6 Å². The molecule has 1 aliphatic rings. The molecule has 0 aromatic heterocycles. The largest absolute Gasteiger partial charge is 0.387 e. The molecule has 1 fully saturated rings. The molecule has 1 atom stereocenters. The van der Waals surface area contributed by atoms with Crippen LogP contribution in [0.15, 0.2) is 22.7 Å². The van der Waals surface area contributed by atoms with Crippen LogP contribution in [0.5, 0.6) is 0 Å². The van der Waals surface area contributed by atoms with E-state index in [0.717, 1.165) is 30.2 Å². The lowest BCUT2D eigenvalue weighted by Gasteiger charge is -2.28. The topological polar surface area (TPSA) is 44.0 Å². The number of nitrogens with zero attached hydrogens (tertiary/aromatic N) is 1. The fraction of sp³-hybridized carbons (Fsp3) is 0.462. The van der Waals surface area contributed by atoms with Crippen molar-refractivity contribution in [2.75, 3.05) is 0 Å². The van der Waals surface area contributed by atoms with Gasteiger partial charge in [0.05, 0.1) is 17.6 Å². The lowest BCUT2D eigenvalue weighted by molar-refractivity contribution is 0.0665. The maximum atomic E-state index is 10.5. The Balaban J connectivity index is 2.39. The van der Waals surface area contributed by atoms with Gasteiger partial charge >= 0.3 is 0 Å². The highest BCUT2D eigenvalue weighted by Crippen LogP contribution is 2.48. The second kappa shape index (κ2) is 4.97. The lowest BCUT2D eigenvalue weighted by atomic mass is 9.79. The Morgan fingerprint density at radius 1 is 1.41 bits per heavy atom. The predicted molar refractivity (Wildman–Crippen MR) is 70.6 cm³/mol. The summed E-state index contributed by atoms with van der Waals surface area (Å²) < 4.78 is 0.802. The van der Waals surface area contributed by atoms with E-state index in [1.165, 1.54) is 0 Å². The maximum absolute atomic E-state index is 10.5. The van der Waals surface area contributed by atoms with E-state index in [1.807, 2.05) is 0 Å². The minimum atomic E-state index is -0.775. The van der Waals surface area contributed by atoms with Crippen LogP contribution in [-0.4, -0.2) is 5.11 Å². The summed E-state index contributed by atoms with van der Waals surface area (Å²) in [5.41, 5.74) is 0.0636. The molecule has 1 aromatic carbocycles. The summed E-state index contributed by atoms with van der Waals surface area (Å²) in [7, 11) is 0. The van der Waals surface area contributed by atoms with Crippen LogP contribution in [0, 0.1) is 16.7 Å². The van der Waals surface area contributed by atoms with Crippen molar-refractivity contribution in [2.24, 2.45) is 5.41 Å². The molecule has 2 nitrogen and oxygen atoms in total. The van der Waals surface area contributed by atoms with Gasteiger partial charge in [-0.05, 0) is 36.6 Å². The lowest BCUT2D eigenvalue weighted by Crippen LogP contribution is -2.24. The molecule has 0 saturated heterocycles. The first-order chi connectivity index (χ1) is 8.09. The zero-order valence-electron chi connectivity index (χ0n) is 9.29. The third-order valence-corrected chi connectivity index (χ3v) is 4.45. The molecule has 1 unspecified atom stereocenters. The van der Waals surface area contributed by atoms with Crippen molar-refractivity contribution in [3.8, 4) is 6.07 Å². The Morgan fingerprint density at radius 2 is 2.06 bits per heavy atom. The fourth-order valence-corrected chi connectivity index (χ4v) is 3.12. The molecule has 90 valence electrons. The van der Waals surface area contributed by atoms with Crippen molar-refractivity contribution in [2.45, 2.75) is 31.8 Å². The molecule has 1 aromatic rings. The molecule has 0 bridgehead atoms. The number of hydrogen-bond donors (Lipinski definition) is 1. The molecular formula is C13H13BrClNO.